The smallest absolute Gasteiger partial charge is 0.222 e. The number of carbonyl (C=O) groups excluding carboxylic acids is 1. The number of aromatic nitrogens is 3. The van der Waals surface area contributed by atoms with Crippen molar-refractivity contribution < 1.29 is 14.3 Å². The van der Waals surface area contributed by atoms with E-state index < -0.39 is 0 Å². The topological polar surface area (TPSA) is 72.7 Å². The van der Waals surface area contributed by atoms with Gasteiger partial charge in [-0.2, -0.15) is 0 Å². The highest BCUT2D eigenvalue weighted by molar-refractivity contribution is 7.12. The van der Waals surface area contributed by atoms with Gasteiger partial charge in [-0.15, -0.1) is 16.4 Å². The molecule has 0 bridgehead atoms. The van der Waals surface area contributed by atoms with Gasteiger partial charge in [0.2, 0.25) is 5.91 Å². The largest absolute Gasteiger partial charge is 0.383 e. The Morgan fingerprint density at radius 2 is 2.23 bits per heavy atom. The van der Waals surface area contributed by atoms with Crippen LogP contribution in [0.3, 0.4) is 0 Å². The highest BCUT2D eigenvalue weighted by Crippen LogP contribution is 2.46. The summed E-state index contributed by atoms with van der Waals surface area (Å²) >= 11 is 1.98. The maximum Gasteiger partial charge on any atom is 0.222 e. The zero-order valence-corrected chi connectivity index (χ0v) is 22.2. The summed E-state index contributed by atoms with van der Waals surface area (Å²) in [6.07, 6.45) is 8.72. The first-order chi connectivity index (χ1) is 17.0. The van der Waals surface area contributed by atoms with Crippen molar-refractivity contribution in [1.29, 1.82) is 0 Å². The number of likely N-dealkylation sites (tertiary alicyclic amines) is 2. The van der Waals surface area contributed by atoms with E-state index in [1.807, 2.05) is 20.9 Å². The SMILES string of the molecule is CCc1cc2c(s1)CCO[C@@]21CCN(Cc2cn(C3CCCC(=O)N(CCOC)C3)nn2)[C@@H](C)C1. The van der Waals surface area contributed by atoms with Crippen LogP contribution < -0.4 is 0 Å². The van der Waals surface area contributed by atoms with Gasteiger partial charge >= 0.3 is 0 Å². The Balaban J connectivity index is 1.23. The summed E-state index contributed by atoms with van der Waals surface area (Å²) in [5.41, 5.74) is 2.34. The van der Waals surface area contributed by atoms with E-state index in [9.17, 15) is 4.79 Å². The number of fused-ring (bicyclic) bond motifs is 2. The van der Waals surface area contributed by atoms with Crippen LogP contribution in [0, 0.1) is 0 Å². The Bertz CT molecular complexity index is 1020. The minimum absolute atomic E-state index is 0.121. The van der Waals surface area contributed by atoms with Crippen LogP contribution in [0.15, 0.2) is 12.3 Å². The Morgan fingerprint density at radius 1 is 1.34 bits per heavy atom. The van der Waals surface area contributed by atoms with Crippen molar-refractivity contribution >= 4 is 17.2 Å². The van der Waals surface area contributed by atoms with E-state index in [4.69, 9.17) is 9.47 Å². The van der Waals surface area contributed by atoms with Crippen LogP contribution in [0.4, 0.5) is 0 Å². The minimum atomic E-state index is -0.121. The van der Waals surface area contributed by atoms with Crippen molar-refractivity contribution in [3.8, 4) is 0 Å². The molecule has 2 fully saturated rings. The first-order valence-corrected chi connectivity index (χ1v) is 14.0. The second kappa shape index (κ2) is 10.7. The number of ether oxygens (including phenoxy) is 2. The number of aryl methyl sites for hydroxylation is 1. The molecule has 9 heteroatoms. The van der Waals surface area contributed by atoms with Crippen LogP contribution in [-0.4, -0.2) is 76.7 Å². The molecule has 3 atom stereocenters. The Kier molecular flexibility index (Phi) is 7.58. The third-order valence-electron chi connectivity index (χ3n) is 8.03. The predicted molar refractivity (Wildman–Crippen MR) is 136 cm³/mol. The molecule has 3 aliphatic rings. The first-order valence-electron chi connectivity index (χ1n) is 13.2. The van der Waals surface area contributed by atoms with Crippen molar-refractivity contribution in [3.63, 3.8) is 0 Å². The molecule has 1 unspecified atom stereocenters. The zero-order chi connectivity index (χ0) is 24.4. The summed E-state index contributed by atoms with van der Waals surface area (Å²) in [5, 5.41) is 9.01. The molecule has 8 nitrogen and oxygen atoms in total. The standard InChI is InChI=1S/C26H39N5O3S/c1-4-22-14-23-24(35-22)8-12-34-26(23)9-10-29(19(2)15-26)16-20-17-31(28-27-20)21-6-5-7-25(32)30(18-21)11-13-33-3/h14,17,19,21H,4-13,15-16,18H2,1-3H3/t19-,21?,26+/m0/s1. The third kappa shape index (κ3) is 5.19. The van der Waals surface area contributed by atoms with E-state index in [2.05, 4.69) is 41.3 Å². The molecular weight excluding hydrogens is 462 g/mol. The van der Waals surface area contributed by atoms with Gasteiger partial charge in [0, 0.05) is 61.9 Å². The normalized spacial score (nSPS) is 27.9. The molecule has 0 aromatic carbocycles. The van der Waals surface area contributed by atoms with Crippen molar-refractivity contribution in [2.45, 2.75) is 83.0 Å². The predicted octanol–water partition coefficient (Wildman–Crippen LogP) is 3.55. The van der Waals surface area contributed by atoms with Crippen LogP contribution in [0.1, 0.15) is 73.0 Å². The van der Waals surface area contributed by atoms with Crippen molar-refractivity contribution in [2.24, 2.45) is 0 Å². The molecule has 5 heterocycles. The number of methoxy groups -OCH3 is 1. The Hall–Kier alpha value is -1.81. The molecule has 0 radical (unpaired) electrons. The van der Waals surface area contributed by atoms with Crippen LogP contribution in [-0.2, 0) is 39.3 Å². The van der Waals surface area contributed by atoms with Gasteiger partial charge in [-0.25, -0.2) is 4.68 Å². The summed E-state index contributed by atoms with van der Waals surface area (Å²) in [6.45, 7) is 9.06. The molecule has 2 aromatic rings. The van der Waals surface area contributed by atoms with Gasteiger partial charge in [0.25, 0.3) is 0 Å². The van der Waals surface area contributed by atoms with Gasteiger partial charge in [-0.3, -0.25) is 9.69 Å². The average Bonchev–Trinajstić information content (AvgIpc) is 3.46. The average molecular weight is 502 g/mol. The maximum atomic E-state index is 12.4. The molecule has 35 heavy (non-hydrogen) atoms. The first kappa shape index (κ1) is 24.9. The molecule has 5 rings (SSSR count). The second-order valence-electron chi connectivity index (χ2n) is 10.3. The lowest BCUT2D eigenvalue weighted by atomic mass is 9.79. The molecule has 0 saturated carbocycles. The lowest BCUT2D eigenvalue weighted by molar-refractivity contribution is -0.131. The lowest BCUT2D eigenvalue weighted by Gasteiger charge is -2.47. The van der Waals surface area contributed by atoms with Gasteiger partial charge in [0.1, 0.15) is 0 Å². The van der Waals surface area contributed by atoms with E-state index in [0.29, 0.717) is 32.2 Å². The number of piperidine rings is 1. The second-order valence-corrected chi connectivity index (χ2v) is 11.6. The number of carbonyl (C=O) groups is 1. The van der Waals surface area contributed by atoms with Crippen molar-refractivity contribution in [2.75, 3.05) is 40.0 Å². The van der Waals surface area contributed by atoms with Crippen molar-refractivity contribution in [3.05, 3.63) is 33.3 Å². The maximum absolute atomic E-state index is 12.4. The molecule has 1 spiro atoms. The van der Waals surface area contributed by atoms with Gasteiger partial charge in [0.05, 0.1) is 36.7 Å². The zero-order valence-electron chi connectivity index (χ0n) is 21.4. The van der Waals surface area contributed by atoms with Crippen LogP contribution in [0.25, 0.3) is 0 Å². The lowest BCUT2D eigenvalue weighted by Crippen LogP contribution is -2.50. The highest BCUT2D eigenvalue weighted by atomic mass is 32.1. The molecule has 192 valence electrons. The fourth-order valence-electron chi connectivity index (χ4n) is 6.01. The number of thiophene rings is 1. The summed E-state index contributed by atoms with van der Waals surface area (Å²) in [5.74, 6) is 0.214. The number of hydrogen-bond acceptors (Lipinski definition) is 7. The number of nitrogens with zero attached hydrogens (tertiary/aromatic N) is 5. The summed E-state index contributed by atoms with van der Waals surface area (Å²) in [4.78, 5) is 19.9. The number of hydrogen-bond donors (Lipinski definition) is 0. The number of rotatable bonds is 7. The fraction of sp³-hybridized carbons (Fsp3) is 0.731. The minimum Gasteiger partial charge on any atom is -0.383 e. The van der Waals surface area contributed by atoms with E-state index in [0.717, 1.165) is 63.9 Å². The van der Waals surface area contributed by atoms with E-state index in [1.54, 1.807) is 7.11 Å². The molecule has 2 saturated heterocycles. The van der Waals surface area contributed by atoms with Gasteiger partial charge in [0.15, 0.2) is 0 Å². The van der Waals surface area contributed by atoms with Gasteiger partial charge < -0.3 is 14.4 Å². The molecule has 1 amide bonds. The fourth-order valence-corrected chi connectivity index (χ4v) is 7.19. The molecular formula is C26H39N5O3S. The third-order valence-corrected chi connectivity index (χ3v) is 9.37. The van der Waals surface area contributed by atoms with Crippen LogP contribution in [0.5, 0.6) is 0 Å². The van der Waals surface area contributed by atoms with Gasteiger partial charge in [-0.05, 0) is 50.7 Å². The highest BCUT2D eigenvalue weighted by Gasteiger charge is 2.44. The Morgan fingerprint density at radius 3 is 3.03 bits per heavy atom. The molecule has 2 aromatic heterocycles. The van der Waals surface area contributed by atoms with Crippen molar-refractivity contribution in [1.82, 2.24) is 24.8 Å². The van der Waals surface area contributed by atoms with Crippen LogP contribution >= 0.6 is 11.3 Å². The summed E-state index contributed by atoms with van der Waals surface area (Å²) in [6, 6.07) is 2.99. The molecule has 0 N–H and O–H groups in total. The molecule has 0 aliphatic carbocycles. The van der Waals surface area contributed by atoms with Crippen LogP contribution in [0.2, 0.25) is 0 Å². The Labute approximate surface area is 212 Å². The number of amides is 1. The van der Waals surface area contributed by atoms with E-state index >= 15 is 0 Å². The van der Waals surface area contributed by atoms with E-state index in [-0.39, 0.29) is 17.6 Å². The molecule has 3 aliphatic heterocycles. The summed E-state index contributed by atoms with van der Waals surface area (Å²) in [7, 11) is 1.68. The summed E-state index contributed by atoms with van der Waals surface area (Å²) < 4.78 is 13.7. The van der Waals surface area contributed by atoms with Gasteiger partial charge in [-0.1, -0.05) is 12.1 Å². The van der Waals surface area contributed by atoms with E-state index in [1.165, 1.54) is 15.3 Å². The monoisotopic (exact) mass is 501 g/mol. The quantitative estimate of drug-likeness (QED) is 0.578.